The predicted octanol–water partition coefficient (Wildman–Crippen LogP) is 1.44. The molecule has 1 aliphatic heterocycles. The number of rotatable bonds is 6. The monoisotopic (exact) mass is 263 g/mol. The van der Waals surface area contributed by atoms with E-state index in [1.807, 2.05) is 19.4 Å². The molecule has 1 N–H and O–H groups in total. The summed E-state index contributed by atoms with van der Waals surface area (Å²) in [7, 11) is 4.00. The van der Waals surface area contributed by atoms with Crippen LogP contribution in [0.25, 0.3) is 0 Å². The highest BCUT2D eigenvalue weighted by Gasteiger charge is 2.10. The zero-order valence-corrected chi connectivity index (χ0v) is 12.1. The molecule has 2 heterocycles. The molecule has 0 saturated carbocycles. The van der Waals surface area contributed by atoms with E-state index in [0.717, 1.165) is 13.1 Å². The maximum Gasteiger partial charge on any atom is 0.222 e. The molecule has 0 aliphatic carbocycles. The predicted molar refractivity (Wildman–Crippen MR) is 78.2 cm³/mol. The molecule has 1 saturated heterocycles. The van der Waals surface area contributed by atoms with Crippen molar-refractivity contribution in [3.8, 4) is 0 Å². The lowest BCUT2D eigenvalue weighted by Crippen LogP contribution is -2.36. The first-order valence-electron chi connectivity index (χ1n) is 7.17. The molecular weight excluding hydrogens is 238 g/mol. The van der Waals surface area contributed by atoms with Gasteiger partial charge in [-0.05, 0) is 33.0 Å². The molecule has 106 valence electrons. The molecule has 5 heteroatoms. The smallest absolute Gasteiger partial charge is 0.222 e. The summed E-state index contributed by atoms with van der Waals surface area (Å²) < 4.78 is 0. The van der Waals surface area contributed by atoms with E-state index >= 15 is 0 Å². The van der Waals surface area contributed by atoms with Crippen molar-refractivity contribution in [2.45, 2.75) is 25.8 Å². The van der Waals surface area contributed by atoms with Crippen LogP contribution in [0.5, 0.6) is 0 Å². The van der Waals surface area contributed by atoms with Crippen LogP contribution in [0, 0.1) is 0 Å². The lowest BCUT2D eigenvalue weighted by molar-refractivity contribution is 0.194. The van der Waals surface area contributed by atoms with Crippen molar-refractivity contribution in [3.05, 3.63) is 18.0 Å². The summed E-state index contributed by atoms with van der Waals surface area (Å²) in [6.45, 7) is 5.74. The van der Waals surface area contributed by atoms with Crippen LogP contribution in [0.15, 0.2) is 12.4 Å². The molecule has 0 radical (unpaired) electrons. The van der Waals surface area contributed by atoms with Gasteiger partial charge in [0, 0.05) is 44.6 Å². The van der Waals surface area contributed by atoms with Crippen LogP contribution in [0.3, 0.4) is 0 Å². The molecule has 5 nitrogen and oxygen atoms in total. The second kappa shape index (κ2) is 7.40. The third-order valence-electron chi connectivity index (χ3n) is 3.63. The molecule has 1 aromatic rings. The molecule has 0 amide bonds. The number of nitrogens with one attached hydrogen (secondary N) is 1. The highest BCUT2D eigenvalue weighted by Crippen LogP contribution is 2.08. The lowest BCUT2D eigenvalue weighted by atomic mass is 10.1. The summed E-state index contributed by atoms with van der Waals surface area (Å²) in [5, 5.41) is 2.93. The van der Waals surface area contributed by atoms with E-state index in [-0.39, 0.29) is 0 Å². The fourth-order valence-electron chi connectivity index (χ4n) is 2.45. The minimum absolute atomic E-state index is 0.680. The van der Waals surface area contributed by atoms with Gasteiger partial charge in [0.2, 0.25) is 5.95 Å². The van der Waals surface area contributed by atoms with Crippen molar-refractivity contribution in [2.24, 2.45) is 0 Å². The molecule has 1 aromatic heterocycles. The van der Waals surface area contributed by atoms with Gasteiger partial charge in [-0.2, -0.15) is 0 Å². The summed E-state index contributed by atoms with van der Waals surface area (Å²) in [4.78, 5) is 13.4. The number of likely N-dealkylation sites (tertiary alicyclic amines) is 1. The molecular formula is C14H25N5. The van der Waals surface area contributed by atoms with E-state index in [0.29, 0.717) is 5.95 Å². The number of piperidine rings is 1. The SMILES string of the molecule is CNc1ncc(CN(C)CCN2CCCCC2)cn1. The zero-order valence-electron chi connectivity index (χ0n) is 12.1. The van der Waals surface area contributed by atoms with E-state index < -0.39 is 0 Å². The van der Waals surface area contributed by atoms with E-state index in [9.17, 15) is 0 Å². The minimum Gasteiger partial charge on any atom is -0.357 e. The molecule has 1 fully saturated rings. The number of nitrogens with zero attached hydrogens (tertiary/aromatic N) is 4. The van der Waals surface area contributed by atoms with Crippen LogP contribution in [0.2, 0.25) is 0 Å². The third-order valence-corrected chi connectivity index (χ3v) is 3.63. The van der Waals surface area contributed by atoms with Gasteiger partial charge in [0.05, 0.1) is 0 Å². The summed E-state index contributed by atoms with van der Waals surface area (Å²) >= 11 is 0. The van der Waals surface area contributed by atoms with Crippen LogP contribution in [0.1, 0.15) is 24.8 Å². The number of hydrogen-bond acceptors (Lipinski definition) is 5. The van der Waals surface area contributed by atoms with E-state index in [1.165, 1.54) is 44.5 Å². The topological polar surface area (TPSA) is 44.3 Å². The Bertz CT molecular complexity index is 359. The van der Waals surface area contributed by atoms with Gasteiger partial charge in [-0.1, -0.05) is 6.42 Å². The average Bonchev–Trinajstić information content (AvgIpc) is 2.47. The Morgan fingerprint density at radius 3 is 2.53 bits per heavy atom. The Kier molecular flexibility index (Phi) is 5.54. The summed E-state index contributed by atoms with van der Waals surface area (Å²) in [5.74, 6) is 0.680. The molecule has 19 heavy (non-hydrogen) atoms. The molecule has 0 aromatic carbocycles. The number of hydrogen-bond donors (Lipinski definition) is 1. The van der Waals surface area contributed by atoms with Gasteiger partial charge in [0.1, 0.15) is 0 Å². The van der Waals surface area contributed by atoms with E-state index in [2.05, 4.69) is 32.1 Å². The van der Waals surface area contributed by atoms with Gasteiger partial charge in [-0.15, -0.1) is 0 Å². The molecule has 0 spiro atoms. The van der Waals surface area contributed by atoms with Gasteiger partial charge >= 0.3 is 0 Å². The maximum absolute atomic E-state index is 4.24. The van der Waals surface area contributed by atoms with Gasteiger partial charge in [0.15, 0.2) is 0 Å². The van der Waals surface area contributed by atoms with E-state index in [4.69, 9.17) is 0 Å². The van der Waals surface area contributed by atoms with Crippen molar-refractivity contribution in [1.82, 2.24) is 19.8 Å². The normalized spacial score (nSPS) is 16.8. The summed E-state index contributed by atoms with van der Waals surface area (Å²) in [6, 6.07) is 0. The van der Waals surface area contributed by atoms with Gasteiger partial charge < -0.3 is 15.1 Å². The van der Waals surface area contributed by atoms with Crippen LogP contribution in [-0.2, 0) is 6.54 Å². The van der Waals surface area contributed by atoms with Crippen LogP contribution >= 0.6 is 0 Å². The maximum atomic E-state index is 4.24. The first kappa shape index (κ1) is 14.2. The second-order valence-electron chi connectivity index (χ2n) is 5.31. The van der Waals surface area contributed by atoms with Gasteiger partial charge in [-0.3, -0.25) is 0 Å². The van der Waals surface area contributed by atoms with E-state index in [1.54, 1.807) is 0 Å². The quantitative estimate of drug-likeness (QED) is 0.841. The Balaban J connectivity index is 1.71. The second-order valence-corrected chi connectivity index (χ2v) is 5.31. The molecule has 0 unspecified atom stereocenters. The van der Waals surface area contributed by atoms with Gasteiger partial charge in [0.25, 0.3) is 0 Å². The average molecular weight is 263 g/mol. The fraction of sp³-hybridized carbons (Fsp3) is 0.714. The third kappa shape index (κ3) is 4.76. The summed E-state index contributed by atoms with van der Waals surface area (Å²) in [6.07, 6.45) is 7.93. The Morgan fingerprint density at radius 1 is 1.21 bits per heavy atom. The van der Waals surface area contributed by atoms with Crippen LogP contribution < -0.4 is 5.32 Å². The zero-order chi connectivity index (χ0) is 13.5. The van der Waals surface area contributed by atoms with Crippen molar-refractivity contribution in [3.63, 3.8) is 0 Å². The lowest BCUT2D eigenvalue weighted by Gasteiger charge is -2.28. The standard InChI is InChI=1S/C14H25N5/c1-15-14-16-10-13(11-17-14)12-18(2)8-9-19-6-4-3-5-7-19/h10-11H,3-9,12H2,1-2H3,(H,15,16,17). The number of likely N-dealkylation sites (N-methyl/N-ethyl adjacent to an activating group) is 1. The van der Waals surface area contributed by atoms with Crippen LogP contribution in [0.4, 0.5) is 5.95 Å². The number of aromatic nitrogens is 2. The fourth-order valence-corrected chi connectivity index (χ4v) is 2.45. The Labute approximate surface area is 116 Å². The Hall–Kier alpha value is -1.20. The van der Waals surface area contributed by atoms with Crippen molar-refractivity contribution >= 4 is 5.95 Å². The van der Waals surface area contributed by atoms with Crippen molar-refractivity contribution in [2.75, 3.05) is 45.6 Å². The number of anilines is 1. The molecule has 0 atom stereocenters. The molecule has 1 aliphatic rings. The Morgan fingerprint density at radius 2 is 1.89 bits per heavy atom. The highest BCUT2D eigenvalue weighted by molar-refractivity contribution is 5.23. The largest absolute Gasteiger partial charge is 0.357 e. The van der Waals surface area contributed by atoms with Crippen molar-refractivity contribution in [1.29, 1.82) is 0 Å². The highest BCUT2D eigenvalue weighted by atomic mass is 15.2. The first-order valence-corrected chi connectivity index (χ1v) is 7.17. The molecule has 0 bridgehead atoms. The first-order chi connectivity index (χ1) is 9.28. The molecule has 2 rings (SSSR count). The minimum atomic E-state index is 0.680. The van der Waals surface area contributed by atoms with Gasteiger partial charge in [-0.25, -0.2) is 9.97 Å². The van der Waals surface area contributed by atoms with Crippen molar-refractivity contribution < 1.29 is 0 Å². The summed E-state index contributed by atoms with van der Waals surface area (Å²) in [5.41, 5.74) is 1.17. The van der Waals surface area contributed by atoms with Crippen LogP contribution in [-0.4, -0.2) is 60.0 Å².